The number of ether oxygens (including phenoxy) is 2. The van der Waals surface area contributed by atoms with Crippen molar-refractivity contribution in [3.8, 4) is 11.5 Å². The number of methoxy groups -OCH3 is 2. The van der Waals surface area contributed by atoms with Crippen LogP contribution >= 0.6 is 0 Å². The van der Waals surface area contributed by atoms with Gasteiger partial charge < -0.3 is 25.4 Å². The summed E-state index contributed by atoms with van der Waals surface area (Å²) in [4.78, 5) is 24.2. The molecule has 2 rings (SSSR count). The molecule has 2 aromatic rings. The van der Waals surface area contributed by atoms with Gasteiger partial charge in [-0.3, -0.25) is 4.79 Å². The Morgan fingerprint density at radius 1 is 0.931 bits per heavy atom. The van der Waals surface area contributed by atoms with E-state index in [1.54, 1.807) is 38.5 Å². The van der Waals surface area contributed by atoms with Gasteiger partial charge in [-0.25, -0.2) is 4.79 Å². The number of carbonyl (C=O) groups excluding carboxylic acids is 2. The van der Waals surface area contributed by atoms with Crippen LogP contribution in [0.3, 0.4) is 0 Å². The number of carbonyl (C=O) groups is 2. The zero-order valence-electron chi connectivity index (χ0n) is 17.6. The smallest absolute Gasteiger partial charge is 0.319 e. The predicted molar refractivity (Wildman–Crippen MR) is 114 cm³/mol. The van der Waals surface area contributed by atoms with Crippen LogP contribution in [0, 0.1) is 0 Å². The van der Waals surface area contributed by atoms with E-state index in [0.29, 0.717) is 35.7 Å². The lowest BCUT2D eigenvalue weighted by atomic mass is 10.1. The van der Waals surface area contributed by atoms with Crippen molar-refractivity contribution in [2.45, 2.75) is 32.7 Å². The van der Waals surface area contributed by atoms with E-state index >= 15 is 0 Å². The van der Waals surface area contributed by atoms with Gasteiger partial charge in [0.2, 0.25) is 0 Å². The minimum Gasteiger partial charge on any atom is -0.493 e. The Morgan fingerprint density at radius 3 is 2.17 bits per heavy atom. The summed E-state index contributed by atoms with van der Waals surface area (Å²) in [5, 5.41) is 8.47. The summed E-state index contributed by atoms with van der Waals surface area (Å²) >= 11 is 0. The van der Waals surface area contributed by atoms with Crippen LogP contribution in [0.5, 0.6) is 11.5 Å². The molecular formula is C22H29N3O4. The molecule has 0 radical (unpaired) electrons. The van der Waals surface area contributed by atoms with E-state index in [4.69, 9.17) is 9.47 Å². The van der Waals surface area contributed by atoms with E-state index in [2.05, 4.69) is 16.0 Å². The summed E-state index contributed by atoms with van der Waals surface area (Å²) < 4.78 is 10.5. The van der Waals surface area contributed by atoms with Gasteiger partial charge in [0.05, 0.1) is 14.2 Å². The quantitative estimate of drug-likeness (QED) is 0.664. The van der Waals surface area contributed by atoms with Crippen LogP contribution in [-0.4, -0.2) is 38.2 Å². The first kappa shape index (κ1) is 22.1. The second kappa shape index (κ2) is 9.82. The number of rotatable bonds is 7. The van der Waals surface area contributed by atoms with Gasteiger partial charge in [-0.2, -0.15) is 0 Å². The van der Waals surface area contributed by atoms with Crippen LogP contribution in [0.4, 0.5) is 10.5 Å². The van der Waals surface area contributed by atoms with Crippen LogP contribution in [0.1, 0.15) is 36.7 Å². The highest BCUT2D eigenvalue weighted by Gasteiger charge is 2.15. The molecule has 7 nitrogen and oxygen atoms in total. The minimum absolute atomic E-state index is 0.150. The third kappa shape index (κ3) is 7.03. The van der Waals surface area contributed by atoms with Gasteiger partial charge in [0.1, 0.15) is 0 Å². The van der Waals surface area contributed by atoms with Gasteiger partial charge >= 0.3 is 6.03 Å². The fourth-order valence-corrected chi connectivity index (χ4v) is 2.65. The molecular weight excluding hydrogens is 370 g/mol. The zero-order valence-corrected chi connectivity index (χ0v) is 17.6. The topological polar surface area (TPSA) is 88.7 Å². The molecule has 0 saturated heterocycles. The molecule has 0 unspecified atom stereocenters. The summed E-state index contributed by atoms with van der Waals surface area (Å²) in [6.45, 7) is 6.24. The molecule has 156 valence electrons. The Kier molecular flexibility index (Phi) is 7.47. The predicted octanol–water partition coefficient (Wildman–Crippen LogP) is 3.60. The molecule has 0 atom stereocenters. The Balaban J connectivity index is 1.83. The van der Waals surface area contributed by atoms with E-state index in [1.807, 2.05) is 39.0 Å². The van der Waals surface area contributed by atoms with Crippen molar-refractivity contribution in [2.24, 2.45) is 0 Å². The van der Waals surface area contributed by atoms with Gasteiger partial charge in [-0.1, -0.05) is 6.07 Å². The molecule has 3 N–H and O–H groups in total. The van der Waals surface area contributed by atoms with E-state index in [0.717, 1.165) is 5.56 Å². The Labute approximate surface area is 171 Å². The van der Waals surface area contributed by atoms with Crippen LogP contribution in [-0.2, 0) is 6.42 Å². The van der Waals surface area contributed by atoms with E-state index in [-0.39, 0.29) is 17.5 Å². The third-order valence-electron chi connectivity index (χ3n) is 4.04. The van der Waals surface area contributed by atoms with Gasteiger partial charge in [-0.05, 0) is 69.2 Å². The lowest BCUT2D eigenvalue weighted by molar-refractivity contribution is 0.0919. The fraction of sp³-hybridized carbons (Fsp3) is 0.364. The largest absolute Gasteiger partial charge is 0.493 e. The summed E-state index contributed by atoms with van der Waals surface area (Å²) in [6.07, 6.45) is 0.652. The van der Waals surface area contributed by atoms with E-state index in [9.17, 15) is 9.59 Å². The molecule has 0 heterocycles. The minimum atomic E-state index is -0.308. The average molecular weight is 399 g/mol. The standard InChI is InChI=1S/C22H29N3O4/c1-22(2,3)25-20(26)16-7-9-17(10-8-16)24-21(27)23-13-12-15-6-11-18(28-4)19(14-15)29-5/h6-11,14H,12-13H2,1-5H3,(H,25,26)(H2,23,24,27). The average Bonchev–Trinajstić information content (AvgIpc) is 2.67. The van der Waals surface area contributed by atoms with Gasteiger partial charge in [0.25, 0.3) is 5.91 Å². The van der Waals surface area contributed by atoms with E-state index in [1.165, 1.54) is 0 Å². The van der Waals surface area contributed by atoms with Gasteiger partial charge in [-0.15, -0.1) is 0 Å². The first-order valence-corrected chi connectivity index (χ1v) is 9.40. The third-order valence-corrected chi connectivity index (χ3v) is 4.04. The highest BCUT2D eigenvalue weighted by molar-refractivity contribution is 5.95. The second-order valence-corrected chi connectivity index (χ2v) is 7.60. The normalized spacial score (nSPS) is 10.8. The maximum Gasteiger partial charge on any atom is 0.319 e. The van der Waals surface area contributed by atoms with Crippen LogP contribution in [0.2, 0.25) is 0 Å². The number of benzene rings is 2. The van der Waals surface area contributed by atoms with Crippen molar-refractivity contribution in [1.29, 1.82) is 0 Å². The molecule has 3 amide bonds. The molecule has 2 aromatic carbocycles. The Morgan fingerprint density at radius 2 is 1.59 bits per heavy atom. The van der Waals surface area contributed by atoms with Crippen molar-refractivity contribution in [3.05, 3.63) is 53.6 Å². The first-order chi connectivity index (χ1) is 13.7. The zero-order chi connectivity index (χ0) is 21.4. The Bertz CT molecular complexity index is 842. The summed E-state index contributed by atoms with van der Waals surface area (Å²) in [5.41, 5.74) is 1.87. The molecule has 0 spiro atoms. The molecule has 0 bridgehead atoms. The highest BCUT2D eigenvalue weighted by atomic mass is 16.5. The highest BCUT2D eigenvalue weighted by Crippen LogP contribution is 2.27. The number of nitrogens with one attached hydrogen (secondary N) is 3. The van der Waals surface area contributed by atoms with Crippen molar-refractivity contribution in [2.75, 3.05) is 26.1 Å². The van der Waals surface area contributed by atoms with Crippen molar-refractivity contribution >= 4 is 17.6 Å². The maximum atomic E-state index is 12.1. The lowest BCUT2D eigenvalue weighted by Gasteiger charge is -2.20. The van der Waals surface area contributed by atoms with Crippen molar-refractivity contribution in [3.63, 3.8) is 0 Å². The molecule has 29 heavy (non-hydrogen) atoms. The maximum absolute atomic E-state index is 12.1. The summed E-state index contributed by atoms with van der Waals surface area (Å²) in [5.74, 6) is 1.18. The molecule has 0 aliphatic rings. The molecule has 7 heteroatoms. The van der Waals surface area contributed by atoms with Crippen LogP contribution < -0.4 is 25.4 Å². The molecule has 0 fully saturated rings. The van der Waals surface area contributed by atoms with Crippen molar-refractivity contribution < 1.29 is 19.1 Å². The van der Waals surface area contributed by atoms with Crippen LogP contribution in [0.25, 0.3) is 0 Å². The molecule has 0 aliphatic carbocycles. The monoisotopic (exact) mass is 399 g/mol. The van der Waals surface area contributed by atoms with Crippen molar-refractivity contribution in [1.82, 2.24) is 10.6 Å². The number of hydrogen-bond donors (Lipinski definition) is 3. The first-order valence-electron chi connectivity index (χ1n) is 9.40. The summed E-state index contributed by atoms with van der Waals surface area (Å²) in [7, 11) is 3.18. The van der Waals surface area contributed by atoms with Gasteiger partial charge in [0.15, 0.2) is 11.5 Å². The van der Waals surface area contributed by atoms with Crippen LogP contribution in [0.15, 0.2) is 42.5 Å². The number of anilines is 1. The Hall–Kier alpha value is -3.22. The number of amides is 3. The van der Waals surface area contributed by atoms with E-state index < -0.39 is 0 Å². The molecule has 0 saturated carbocycles. The summed E-state index contributed by atoms with van der Waals surface area (Å²) in [6, 6.07) is 12.1. The number of hydrogen-bond acceptors (Lipinski definition) is 4. The fourth-order valence-electron chi connectivity index (χ4n) is 2.65. The SMILES string of the molecule is COc1ccc(CCNC(=O)Nc2ccc(C(=O)NC(C)(C)C)cc2)cc1OC. The molecule has 0 aromatic heterocycles. The van der Waals surface area contributed by atoms with Gasteiger partial charge in [0, 0.05) is 23.3 Å². The molecule has 0 aliphatic heterocycles. The lowest BCUT2D eigenvalue weighted by Crippen LogP contribution is -2.40. The number of urea groups is 1. The second-order valence-electron chi connectivity index (χ2n) is 7.60.